The lowest BCUT2D eigenvalue weighted by Gasteiger charge is -2.29. The van der Waals surface area contributed by atoms with Crippen molar-refractivity contribution in [1.29, 1.82) is 0 Å². The standard InChI is InChI=1S/C19H34N6O3S/c1-4-5-7-24(19(29)21-6-8-23-9-11-28-12-10-23)15-16(20)25(13-14(2)3)18(27)22-17(15)26/h14H,4-13,20H2,1-3H3,(H,21,29)(H,22,26,27). The number of aromatic amines is 1. The van der Waals surface area contributed by atoms with Crippen molar-refractivity contribution in [3.8, 4) is 0 Å². The molecule has 1 aromatic rings. The molecule has 2 heterocycles. The van der Waals surface area contributed by atoms with Crippen molar-refractivity contribution in [3.05, 3.63) is 20.8 Å². The summed E-state index contributed by atoms with van der Waals surface area (Å²) in [6, 6.07) is 0. The highest BCUT2D eigenvalue weighted by Crippen LogP contribution is 2.18. The third-order valence-electron chi connectivity index (χ3n) is 4.82. The zero-order chi connectivity index (χ0) is 21.4. The Morgan fingerprint density at radius 2 is 2.03 bits per heavy atom. The molecule has 1 fully saturated rings. The maximum absolute atomic E-state index is 12.6. The van der Waals surface area contributed by atoms with Crippen LogP contribution in [0.15, 0.2) is 9.59 Å². The van der Waals surface area contributed by atoms with E-state index in [0.29, 0.717) is 24.7 Å². The first-order chi connectivity index (χ1) is 13.8. The lowest BCUT2D eigenvalue weighted by atomic mass is 10.2. The van der Waals surface area contributed by atoms with Crippen LogP contribution in [-0.2, 0) is 11.3 Å². The number of unbranched alkanes of at least 4 members (excludes halogenated alkanes) is 1. The summed E-state index contributed by atoms with van der Waals surface area (Å²) in [5, 5.41) is 3.69. The predicted molar refractivity (Wildman–Crippen MR) is 121 cm³/mol. The fourth-order valence-corrected chi connectivity index (χ4v) is 3.54. The summed E-state index contributed by atoms with van der Waals surface area (Å²) in [6.07, 6.45) is 1.78. The molecule has 4 N–H and O–H groups in total. The summed E-state index contributed by atoms with van der Waals surface area (Å²) in [6.45, 7) is 11.8. The van der Waals surface area contributed by atoms with Gasteiger partial charge < -0.3 is 20.7 Å². The summed E-state index contributed by atoms with van der Waals surface area (Å²) < 4.78 is 6.78. The number of thiocarbonyl (C=S) groups is 1. The van der Waals surface area contributed by atoms with Crippen molar-refractivity contribution >= 4 is 28.8 Å². The molecule has 10 heteroatoms. The molecule has 0 spiro atoms. The summed E-state index contributed by atoms with van der Waals surface area (Å²) in [4.78, 5) is 31.3. The van der Waals surface area contributed by atoms with Gasteiger partial charge in [0.25, 0.3) is 5.56 Å². The number of ether oxygens (including phenoxy) is 1. The van der Waals surface area contributed by atoms with Crippen molar-refractivity contribution in [3.63, 3.8) is 0 Å². The van der Waals surface area contributed by atoms with Gasteiger partial charge in [-0.1, -0.05) is 27.2 Å². The Kier molecular flexibility index (Phi) is 9.12. The lowest BCUT2D eigenvalue weighted by molar-refractivity contribution is 0.0389. The molecular formula is C19H34N6O3S. The van der Waals surface area contributed by atoms with Crippen LogP contribution in [0.4, 0.5) is 11.5 Å². The average molecular weight is 427 g/mol. The highest BCUT2D eigenvalue weighted by atomic mass is 32.1. The number of nitrogens with one attached hydrogen (secondary N) is 2. The Morgan fingerprint density at radius 3 is 2.66 bits per heavy atom. The van der Waals surface area contributed by atoms with E-state index in [4.69, 9.17) is 22.7 Å². The molecule has 2 rings (SSSR count). The number of nitrogens with zero attached hydrogens (tertiary/aromatic N) is 3. The molecule has 0 radical (unpaired) electrons. The van der Waals surface area contributed by atoms with Crippen molar-refractivity contribution in [1.82, 2.24) is 19.8 Å². The van der Waals surface area contributed by atoms with Crippen LogP contribution >= 0.6 is 12.2 Å². The molecule has 0 bridgehead atoms. The van der Waals surface area contributed by atoms with E-state index in [2.05, 4.69) is 22.1 Å². The second-order valence-corrected chi connectivity index (χ2v) is 8.08. The molecule has 9 nitrogen and oxygen atoms in total. The SMILES string of the molecule is CCCCN(C(=S)NCCN1CCOCC1)c1c(N)n(CC(C)C)c(=O)[nH]c1=O. The molecular weight excluding hydrogens is 392 g/mol. The minimum Gasteiger partial charge on any atom is -0.383 e. The van der Waals surface area contributed by atoms with Crippen molar-refractivity contribution in [2.24, 2.45) is 5.92 Å². The van der Waals surface area contributed by atoms with Crippen LogP contribution in [-0.4, -0.2) is 65.5 Å². The van der Waals surface area contributed by atoms with Crippen LogP contribution in [0.5, 0.6) is 0 Å². The first kappa shape index (κ1) is 23.4. The molecule has 1 aliphatic rings. The molecule has 0 atom stereocenters. The zero-order valence-electron chi connectivity index (χ0n) is 17.7. The van der Waals surface area contributed by atoms with E-state index in [1.165, 1.54) is 4.57 Å². The second-order valence-electron chi connectivity index (χ2n) is 7.69. The molecule has 1 saturated heterocycles. The number of H-pyrrole nitrogens is 1. The molecule has 0 unspecified atom stereocenters. The summed E-state index contributed by atoms with van der Waals surface area (Å²) in [7, 11) is 0. The average Bonchev–Trinajstić information content (AvgIpc) is 2.68. The van der Waals surface area contributed by atoms with Crippen LogP contribution in [0.2, 0.25) is 0 Å². The van der Waals surface area contributed by atoms with E-state index in [0.717, 1.165) is 45.7 Å². The fraction of sp³-hybridized carbons (Fsp3) is 0.737. The topological polar surface area (TPSA) is 109 Å². The molecule has 0 saturated carbocycles. The van der Waals surface area contributed by atoms with Gasteiger partial charge in [-0.3, -0.25) is 19.2 Å². The fourth-order valence-electron chi connectivity index (χ4n) is 3.26. The largest absolute Gasteiger partial charge is 0.383 e. The van der Waals surface area contributed by atoms with Gasteiger partial charge in [0.1, 0.15) is 5.82 Å². The second kappa shape index (κ2) is 11.3. The van der Waals surface area contributed by atoms with Gasteiger partial charge in [-0.05, 0) is 24.6 Å². The van der Waals surface area contributed by atoms with Gasteiger partial charge in [-0.15, -0.1) is 0 Å². The number of morpholine rings is 1. The van der Waals surface area contributed by atoms with Gasteiger partial charge in [0.15, 0.2) is 10.8 Å². The van der Waals surface area contributed by atoms with Gasteiger partial charge in [0.05, 0.1) is 13.2 Å². The molecule has 0 amide bonds. The summed E-state index contributed by atoms with van der Waals surface area (Å²) in [5.74, 6) is 0.359. The van der Waals surface area contributed by atoms with Gasteiger partial charge >= 0.3 is 5.69 Å². The van der Waals surface area contributed by atoms with E-state index >= 15 is 0 Å². The molecule has 0 aliphatic carbocycles. The van der Waals surface area contributed by atoms with Gasteiger partial charge in [-0.2, -0.15) is 0 Å². The highest BCUT2D eigenvalue weighted by molar-refractivity contribution is 7.80. The van der Waals surface area contributed by atoms with Crippen LogP contribution < -0.4 is 27.2 Å². The summed E-state index contributed by atoms with van der Waals surface area (Å²) >= 11 is 5.60. The minimum absolute atomic E-state index is 0.154. The monoisotopic (exact) mass is 426 g/mol. The first-order valence-electron chi connectivity index (χ1n) is 10.3. The molecule has 29 heavy (non-hydrogen) atoms. The quantitative estimate of drug-likeness (QED) is 0.492. The number of nitrogens with two attached hydrogens (primary N) is 1. The molecule has 164 valence electrons. The number of hydrogen-bond acceptors (Lipinski definition) is 6. The van der Waals surface area contributed by atoms with E-state index in [1.807, 2.05) is 13.8 Å². The maximum Gasteiger partial charge on any atom is 0.330 e. The van der Waals surface area contributed by atoms with Gasteiger partial charge in [0, 0.05) is 39.3 Å². The van der Waals surface area contributed by atoms with E-state index < -0.39 is 11.2 Å². The Hall–Kier alpha value is -1.91. The maximum atomic E-state index is 12.6. The third-order valence-corrected chi connectivity index (χ3v) is 5.18. The highest BCUT2D eigenvalue weighted by Gasteiger charge is 2.22. The van der Waals surface area contributed by atoms with Crippen molar-refractivity contribution in [2.45, 2.75) is 40.2 Å². The smallest absolute Gasteiger partial charge is 0.330 e. The Balaban J connectivity index is 2.20. The van der Waals surface area contributed by atoms with E-state index in [-0.39, 0.29) is 17.4 Å². The Labute approximate surface area is 177 Å². The number of anilines is 2. The third kappa shape index (κ3) is 6.55. The first-order valence-corrected chi connectivity index (χ1v) is 10.7. The van der Waals surface area contributed by atoms with Gasteiger partial charge in [-0.25, -0.2) is 4.79 Å². The van der Waals surface area contributed by atoms with Crippen LogP contribution in [0, 0.1) is 5.92 Å². The number of nitrogen functional groups attached to an aromatic ring is 1. The summed E-state index contributed by atoms with van der Waals surface area (Å²) in [5.41, 5.74) is 5.51. The number of hydrogen-bond donors (Lipinski definition) is 3. The van der Waals surface area contributed by atoms with E-state index in [1.54, 1.807) is 4.90 Å². The van der Waals surface area contributed by atoms with Crippen LogP contribution in [0.3, 0.4) is 0 Å². The minimum atomic E-state index is -0.513. The van der Waals surface area contributed by atoms with Crippen LogP contribution in [0.1, 0.15) is 33.6 Å². The number of aromatic nitrogens is 2. The number of rotatable bonds is 9. The zero-order valence-corrected chi connectivity index (χ0v) is 18.5. The molecule has 1 aromatic heterocycles. The Bertz CT molecular complexity index is 785. The normalized spacial score (nSPS) is 14.9. The predicted octanol–water partition coefficient (Wildman–Crippen LogP) is 0.588. The van der Waals surface area contributed by atoms with Crippen molar-refractivity contribution < 1.29 is 4.74 Å². The van der Waals surface area contributed by atoms with Crippen LogP contribution in [0.25, 0.3) is 0 Å². The van der Waals surface area contributed by atoms with E-state index in [9.17, 15) is 9.59 Å². The van der Waals surface area contributed by atoms with Crippen molar-refractivity contribution in [2.75, 3.05) is 56.6 Å². The Morgan fingerprint density at radius 1 is 1.34 bits per heavy atom. The lowest BCUT2D eigenvalue weighted by Crippen LogP contribution is -2.48. The van der Waals surface area contributed by atoms with Gasteiger partial charge in [0.2, 0.25) is 0 Å². The molecule has 1 aliphatic heterocycles. The molecule has 0 aromatic carbocycles.